The van der Waals surface area contributed by atoms with Crippen LogP contribution in [0.2, 0.25) is 0 Å². The number of esters is 5. The number of aliphatic hydroxyl groups excluding tert-OH is 6. The zero-order chi connectivity index (χ0) is 70.3. The van der Waals surface area contributed by atoms with Crippen LogP contribution in [0.4, 0.5) is 0 Å². The number of carbonyl (C=O) groups excluding carboxylic acids is 5. The van der Waals surface area contributed by atoms with Gasteiger partial charge in [-0.15, -0.1) is 0 Å². The number of aliphatic hydroxyl groups is 6. The molecule has 8 unspecified atom stereocenters. The first-order chi connectivity index (χ1) is 45.8. The van der Waals surface area contributed by atoms with Crippen molar-refractivity contribution in [2.24, 2.45) is 10.8 Å². The Morgan fingerprint density at radius 1 is 0.302 bits per heavy atom. The SMILES string of the molecule is COCC(O)COCC(C)(COCOCC(O)COC(=O)c1ccc(O)cc1)COCC(O)COC(=O)c1ccc(O)cc1.Cc1ccc(C(=O)OCC(O)COCC(C)(COCOCC(O)COC(=O)c2ccc(O)cc2)COCC(O)COC(=O)c2ccc(O)cc2)cc1. The van der Waals surface area contributed by atoms with Gasteiger partial charge in [0, 0.05) is 17.9 Å². The minimum absolute atomic E-state index is 0.00224. The summed E-state index contributed by atoms with van der Waals surface area (Å²) in [5.41, 5.74) is 0.570. The first-order valence-corrected chi connectivity index (χ1v) is 30.1. The molecule has 0 aromatic heterocycles. The number of aryl methyl sites for hydroxylation is 1. The van der Waals surface area contributed by atoms with E-state index in [0.717, 1.165) is 5.56 Å². The normalized spacial score (nSPS) is 14.4. The molecule has 0 fully saturated rings. The number of ether oxygens (including phenoxy) is 14. The van der Waals surface area contributed by atoms with Gasteiger partial charge in [0.2, 0.25) is 0 Å². The first-order valence-electron chi connectivity index (χ1n) is 30.1. The van der Waals surface area contributed by atoms with Crippen molar-refractivity contribution in [3.63, 3.8) is 0 Å². The van der Waals surface area contributed by atoms with E-state index in [1.54, 1.807) is 38.1 Å². The Balaban J connectivity index is 0.000000414. The summed E-state index contributed by atoms with van der Waals surface area (Å²) in [6.07, 6.45) is -6.48. The fourth-order valence-electron chi connectivity index (χ4n) is 7.91. The highest BCUT2D eigenvalue weighted by atomic mass is 16.7. The van der Waals surface area contributed by atoms with Crippen molar-refractivity contribution in [2.75, 3.05) is 140 Å². The molecule has 0 aliphatic rings. The monoisotopic (exact) mass is 1360 g/mol. The summed E-state index contributed by atoms with van der Waals surface area (Å²) in [6, 6.07) is 28.7. The largest absolute Gasteiger partial charge is 0.508 e. The second-order valence-electron chi connectivity index (χ2n) is 22.8. The summed E-state index contributed by atoms with van der Waals surface area (Å²) in [5.74, 6) is -3.26. The number of phenolic OH excluding ortho intramolecular Hbond substituents is 4. The van der Waals surface area contributed by atoms with E-state index in [1.165, 1.54) is 104 Å². The van der Waals surface area contributed by atoms with Crippen LogP contribution >= 0.6 is 0 Å². The Hall–Kier alpha value is -7.95. The van der Waals surface area contributed by atoms with E-state index < -0.39 is 77.3 Å². The minimum atomic E-state index is -1.16. The van der Waals surface area contributed by atoms with Crippen LogP contribution in [0.15, 0.2) is 121 Å². The van der Waals surface area contributed by atoms with Crippen LogP contribution in [0.1, 0.15) is 71.2 Å². The van der Waals surface area contributed by atoms with Crippen molar-refractivity contribution in [1.29, 1.82) is 0 Å². The summed E-state index contributed by atoms with van der Waals surface area (Å²) < 4.78 is 74.9. The van der Waals surface area contributed by atoms with Gasteiger partial charge in [0.05, 0.1) is 114 Å². The zero-order valence-electron chi connectivity index (χ0n) is 53.9. The molecule has 530 valence electrons. The Labute approximate surface area is 555 Å². The predicted molar refractivity (Wildman–Crippen MR) is 336 cm³/mol. The molecule has 96 heavy (non-hydrogen) atoms. The molecule has 29 nitrogen and oxygen atoms in total. The molecule has 0 amide bonds. The van der Waals surface area contributed by atoms with E-state index in [-0.39, 0.29) is 178 Å². The molecule has 0 saturated heterocycles. The van der Waals surface area contributed by atoms with Gasteiger partial charge < -0.3 is 117 Å². The summed E-state index contributed by atoms with van der Waals surface area (Å²) in [6.45, 7) is 2.77. The van der Waals surface area contributed by atoms with E-state index in [2.05, 4.69) is 0 Å². The maximum atomic E-state index is 12.3. The molecule has 0 heterocycles. The maximum Gasteiger partial charge on any atom is 0.338 e. The van der Waals surface area contributed by atoms with Crippen LogP contribution in [0.25, 0.3) is 0 Å². The van der Waals surface area contributed by atoms with Gasteiger partial charge >= 0.3 is 29.8 Å². The topological polar surface area (TPSA) is 417 Å². The number of benzene rings is 5. The number of aromatic hydroxyl groups is 4. The van der Waals surface area contributed by atoms with E-state index >= 15 is 0 Å². The molecule has 0 aliphatic heterocycles. The lowest BCUT2D eigenvalue weighted by molar-refractivity contribution is -0.133. The van der Waals surface area contributed by atoms with Gasteiger partial charge in [0.15, 0.2) is 0 Å². The zero-order valence-corrected chi connectivity index (χ0v) is 53.9. The molecule has 0 saturated carbocycles. The molecule has 0 aliphatic carbocycles. The molecule has 29 heteroatoms. The summed E-state index contributed by atoms with van der Waals surface area (Å²) >= 11 is 0. The number of rotatable bonds is 45. The van der Waals surface area contributed by atoms with Crippen LogP contribution in [0.5, 0.6) is 23.0 Å². The Morgan fingerprint density at radius 2 is 0.500 bits per heavy atom. The molecule has 0 radical (unpaired) electrons. The van der Waals surface area contributed by atoms with Gasteiger partial charge in [0.25, 0.3) is 0 Å². The lowest BCUT2D eigenvalue weighted by Gasteiger charge is -2.30. The van der Waals surface area contributed by atoms with Crippen molar-refractivity contribution in [3.8, 4) is 23.0 Å². The van der Waals surface area contributed by atoms with E-state index in [4.69, 9.17) is 66.3 Å². The molecule has 10 N–H and O–H groups in total. The molecule has 0 spiro atoms. The molecular formula is C67H88O29. The van der Waals surface area contributed by atoms with Crippen LogP contribution < -0.4 is 0 Å². The number of hydrogen-bond acceptors (Lipinski definition) is 29. The fourth-order valence-corrected chi connectivity index (χ4v) is 7.91. The third kappa shape index (κ3) is 33.6. The van der Waals surface area contributed by atoms with Gasteiger partial charge in [-0.3, -0.25) is 0 Å². The predicted octanol–water partition coefficient (Wildman–Crippen LogP) is 3.26. The lowest BCUT2D eigenvalue weighted by atomic mass is 9.94. The Kier molecular flexibility index (Phi) is 36.9. The van der Waals surface area contributed by atoms with Gasteiger partial charge in [-0.2, -0.15) is 0 Å². The molecule has 5 rings (SSSR count). The van der Waals surface area contributed by atoms with Gasteiger partial charge in [-0.05, 0) is 116 Å². The summed E-state index contributed by atoms with van der Waals surface area (Å²) in [7, 11) is 1.46. The Bertz CT molecular complexity index is 2930. The molecule has 5 aromatic rings. The Morgan fingerprint density at radius 3 is 0.729 bits per heavy atom. The second kappa shape index (κ2) is 44.0. The highest BCUT2D eigenvalue weighted by molar-refractivity contribution is 5.91. The second-order valence-corrected chi connectivity index (χ2v) is 22.8. The van der Waals surface area contributed by atoms with Crippen molar-refractivity contribution >= 4 is 29.8 Å². The molecular weight excluding hydrogens is 1270 g/mol. The maximum absolute atomic E-state index is 12.3. The van der Waals surface area contributed by atoms with Crippen LogP contribution in [0, 0.1) is 17.8 Å². The number of carbonyl (C=O) groups is 5. The van der Waals surface area contributed by atoms with Crippen LogP contribution in [-0.4, -0.2) is 257 Å². The van der Waals surface area contributed by atoms with Crippen molar-refractivity contribution in [3.05, 3.63) is 155 Å². The molecule has 5 aromatic carbocycles. The third-order valence-corrected chi connectivity index (χ3v) is 13.0. The summed E-state index contributed by atoms with van der Waals surface area (Å²) in [5, 5.41) is 98.2. The number of hydrogen-bond donors (Lipinski definition) is 10. The van der Waals surface area contributed by atoms with Gasteiger partial charge in [0.1, 0.15) is 106 Å². The average Bonchev–Trinajstić information content (AvgIpc) is 2.47. The highest BCUT2D eigenvalue weighted by Gasteiger charge is 2.29. The third-order valence-electron chi connectivity index (χ3n) is 13.0. The quantitative estimate of drug-likeness (QED) is 0.0116. The van der Waals surface area contributed by atoms with Crippen LogP contribution in [-0.2, 0) is 66.3 Å². The summed E-state index contributed by atoms with van der Waals surface area (Å²) in [4.78, 5) is 60.6. The minimum Gasteiger partial charge on any atom is -0.508 e. The van der Waals surface area contributed by atoms with Gasteiger partial charge in [-0.1, -0.05) is 31.5 Å². The standard InChI is InChI=1S/C37H46O15.C30H42O14/c1-25-3-5-26(6-4-25)34(43)50-18-31(40)15-46-21-37(2,22-47-16-32(41)19-51-35(44)27-7-11-29(38)12-8-27)23-49-24-48-17-33(42)20-52-36(45)28-9-13-30(39)14-10-28;1-30(17-39-12-25(33)11-38-2,18-40-13-26(34)15-43-28(36)21-3-7-23(31)8-4-21)19-42-20-41-14-27(35)16-44-29(37)22-5-9-24(32)10-6-22/h3-14,31-33,38-42H,15-24H2,1-2H3;3-10,25-27,31-35H,11-20H2,1-2H3. The average molecular weight is 1360 g/mol. The fraction of sp³-hybridized carbons (Fsp3) is 0.478. The van der Waals surface area contributed by atoms with Crippen molar-refractivity contribution in [1.82, 2.24) is 0 Å². The van der Waals surface area contributed by atoms with Crippen molar-refractivity contribution in [2.45, 2.75) is 57.4 Å². The van der Waals surface area contributed by atoms with Crippen LogP contribution in [0.3, 0.4) is 0 Å². The molecule has 8 atom stereocenters. The van der Waals surface area contributed by atoms with Gasteiger partial charge in [-0.25, -0.2) is 24.0 Å². The van der Waals surface area contributed by atoms with E-state index in [1.807, 2.05) is 6.92 Å². The van der Waals surface area contributed by atoms with E-state index in [0.29, 0.717) is 5.56 Å². The lowest BCUT2D eigenvalue weighted by Crippen LogP contribution is -2.37. The number of methoxy groups -OCH3 is 1. The number of phenols is 4. The molecule has 0 bridgehead atoms. The van der Waals surface area contributed by atoms with Crippen molar-refractivity contribution < 1.29 is 141 Å². The smallest absolute Gasteiger partial charge is 0.338 e. The first kappa shape index (κ1) is 80.5. The van der Waals surface area contributed by atoms with E-state index in [9.17, 15) is 75.0 Å². The highest BCUT2D eigenvalue weighted by Crippen LogP contribution is 2.22.